The number of amides is 2. The van der Waals surface area contributed by atoms with Crippen LogP contribution in [0.25, 0.3) is 11.3 Å². The maximum absolute atomic E-state index is 13.3. The third kappa shape index (κ3) is 6.67. The Bertz CT molecular complexity index is 1090. The highest BCUT2D eigenvalue weighted by atomic mass is 35.5. The second-order valence-corrected chi connectivity index (χ2v) is 8.44. The number of hydrogen-bond donors (Lipinski definition) is 2. The number of carbonyl (C=O) groups excluding carboxylic acids is 1. The normalized spacial score (nSPS) is 11.6. The molecule has 0 aliphatic rings. The summed E-state index contributed by atoms with van der Waals surface area (Å²) in [7, 11) is 1.78. The highest BCUT2D eigenvalue weighted by Crippen LogP contribution is 2.36. The van der Waals surface area contributed by atoms with E-state index in [0.29, 0.717) is 23.8 Å². The molecule has 2 aromatic carbocycles. The van der Waals surface area contributed by atoms with Gasteiger partial charge in [-0.2, -0.15) is 13.2 Å². The molecule has 33 heavy (non-hydrogen) atoms. The van der Waals surface area contributed by atoms with Crippen LogP contribution in [-0.2, 0) is 6.18 Å². The van der Waals surface area contributed by atoms with Gasteiger partial charge < -0.3 is 15.3 Å². The van der Waals surface area contributed by atoms with Crippen molar-refractivity contribution in [2.75, 3.05) is 38.2 Å². The number of alkyl halides is 3. The van der Waals surface area contributed by atoms with E-state index >= 15 is 0 Å². The van der Waals surface area contributed by atoms with E-state index in [1.807, 2.05) is 4.90 Å². The fourth-order valence-electron chi connectivity index (χ4n) is 3.00. The molecule has 0 bridgehead atoms. The highest BCUT2D eigenvalue weighted by Gasteiger charge is 2.32. The Labute approximate surface area is 198 Å². The molecule has 0 aliphatic carbocycles. The minimum atomic E-state index is -4.56. The average molecular weight is 499 g/mol. The molecule has 2 amide bonds. The summed E-state index contributed by atoms with van der Waals surface area (Å²) in [5.41, 5.74) is 0.440. The first-order chi connectivity index (χ1) is 15.7. The van der Waals surface area contributed by atoms with Gasteiger partial charge in [0.05, 0.1) is 23.6 Å². The van der Waals surface area contributed by atoms with Crippen molar-refractivity contribution >= 4 is 39.8 Å². The van der Waals surface area contributed by atoms with Crippen molar-refractivity contribution in [3.8, 4) is 11.3 Å². The van der Waals surface area contributed by atoms with Crippen LogP contribution in [-0.4, -0.2) is 54.3 Å². The SMILES string of the molecule is CN(CCO)CCNC(=O)N(c1cccc(C(F)(F)F)c1)c1nc(-c2cccc(Cl)c2)cs1. The minimum Gasteiger partial charge on any atom is -0.395 e. The predicted octanol–water partition coefficient (Wildman–Crippen LogP) is 5.25. The number of benzene rings is 2. The van der Waals surface area contributed by atoms with Gasteiger partial charge in [0.1, 0.15) is 0 Å². The number of hydrogen-bond acceptors (Lipinski definition) is 5. The first-order valence-corrected chi connectivity index (χ1v) is 11.2. The summed E-state index contributed by atoms with van der Waals surface area (Å²) in [6, 6.07) is 10.9. The fraction of sp³-hybridized carbons (Fsp3) is 0.273. The van der Waals surface area contributed by atoms with Gasteiger partial charge in [0.25, 0.3) is 0 Å². The summed E-state index contributed by atoms with van der Waals surface area (Å²) in [5, 5.41) is 14.1. The number of aliphatic hydroxyl groups excluding tert-OH is 1. The van der Waals surface area contributed by atoms with Gasteiger partial charge in [0.15, 0.2) is 5.13 Å². The van der Waals surface area contributed by atoms with Crippen LogP contribution in [0.5, 0.6) is 0 Å². The van der Waals surface area contributed by atoms with Gasteiger partial charge >= 0.3 is 12.2 Å². The molecule has 3 aromatic rings. The van der Waals surface area contributed by atoms with Gasteiger partial charge in [-0.25, -0.2) is 14.7 Å². The number of rotatable bonds is 8. The topological polar surface area (TPSA) is 68.7 Å². The van der Waals surface area contributed by atoms with Crippen LogP contribution in [0.1, 0.15) is 5.56 Å². The van der Waals surface area contributed by atoms with Crippen molar-refractivity contribution in [2.45, 2.75) is 6.18 Å². The van der Waals surface area contributed by atoms with E-state index in [9.17, 15) is 18.0 Å². The first kappa shape index (κ1) is 25.0. The maximum Gasteiger partial charge on any atom is 0.416 e. The molecular formula is C22H22ClF3N4O2S. The van der Waals surface area contributed by atoms with Crippen LogP contribution in [0.4, 0.5) is 28.8 Å². The summed E-state index contributed by atoms with van der Waals surface area (Å²) in [5.74, 6) is 0. The van der Waals surface area contributed by atoms with Gasteiger partial charge in [0, 0.05) is 35.6 Å². The summed E-state index contributed by atoms with van der Waals surface area (Å²) in [6.45, 7) is 1.10. The van der Waals surface area contributed by atoms with Crippen molar-refractivity contribution in [3.63, 3.8) is 0 Å². The number of likely N-dealkylation sites (N-methyl/N-ethyl adjacent to an activating group) is 1. The largest absolute Gasteiger partial charge is 0.416 e. The van der Waals surface area contributed by atoms with E-state index in [0.717, 1.165) is 33.9 Å². The molecule has 1 aromatic heterocycles. The van der Waals surface area contributed by atoms with Crippen LogP contribution in [0, 0.1) is 0 Å². The molecule has 3 rings (SSSR count). The Morgan fingerprint density at radius 3 is 2.64 bits per heavy atom. The lowest BCUT2D eigenvalue weighted by Gasteiger charge is -2.22. The molecule has 0 radical (unpaired) electrons. The first-order valence-electron chi connectivity index (χ1n) is 9.95. The molecule has 11 heteroatoms. The molecule has 0 unspecified atom stereocenters. The van der Waals surface area contributed by atoms with Gasteiger partial charge in [-0.1, -0.05) is 29.8 Å². The highest BCUT2D eigenvalue weighted by molar-refractivity contribution is 7.14. The monoisotopic (exact) mass is 498 g/mol. The molecule has 176 valence electrons. The molecule has 0 fully saturated rings. The summed E-state index contributed by atoms with van der Waals surface area (Å²) < 4.78 is 39.9. The van der Waals surface area contributed by atoms with Crippen LogP contribution in [0.2, 0.25) is 5.02 Å². The van der Waals surface area contributed by atoms with Crippen LogP contribution >= 0.6 is 22.9 Å². The van der Waals surface area contributed by atoms with Crippen molar-refractivity contribution in [2.24, 2.45) is 0 Å². The molecule has 0 atom stereocenters. The second-order valence-electron chi connectivity index (χ2n) is 7.17. The number of halogens is 4. The fourth-order valence-corrected chi connectivity index (χ4v) is 4.04. The number of carbonyl (C=O) groups is 1. The number of nitrogens with one attached hydrogen (secondary N) is 1. The maximum atomic E-state index is 13.3. The smallest absolute Gasteiger partial charge is 0.395 e. The lowest BCUT2D eigenvalue weighted by Crippen LogP contribution is -2.41. The van der Waals surface area contributed by atoms with E-state index in [1.54, 1.807) is 36.7 Å². The second kappa shape index (κ2) is 11.0. The summed E-state index contributed by atoms with van der Waals surface area (Å²) in [4.78, 5) is 20.5. The van der Waals surface area contributed by atoms with E-state index in [2.05, 4.69) is 10.3 Å². The molecule has 0 saturated carbocycles. The molecule has 0 spiro atoms. The molecule has 6 nitrogen and oxygen atoms in total. The quantitative estimate of drug-likeness (QED) is 0.445. The number of aromatic nitrogens is 1. The molecule has 0 aliphatic heterocycles. The number of anilines is 2. The van der Waals surface area contributed by atoms with Crippen LogP contribution < -0.4 is 10.2 Å². The van der Waals surface area contributed by atoms with E-state index in [4.69, 9.17) is 16.7 Å². The third-order valence-corrected chi connectivity index (χ3v) is 5.75. The lowest BCUT2D eigenvalue weighted by atomic mass is 10.2. The van der Waals surface area contributed by atoms with Gasteiger partial charge in [0.2, 0.25) is 0 Å². The van der Waals surface area contributed by atoms with E-state index < -0.39 is 17.8 Å². The Morgan fingerprint density at radius 1 is 1.18 bits per heavy atom. The van der Waals surface area contributed by atoms with Crippen molar-refractivity contribution < 1.29 is 23.1 Å². The average Bonchev–Trinajstić information content (AvgIpc) is 3.23. The number of urea groups is 1. The summed E-state index contributed by atoms with van der Waals surface area (Å²) in [6.07, 6.45) is -4.56. The van der Waals surface area contributed by atoms with Crippen molar-refractivity contribution in [3.05, 3.63) is 64.5 Å². The molecule has 0 saturated heterocycles. The minimum absolute atomic E-state index is 0.0216. The van der Waals surface area contributed by atoms with Crippen molar-refractivity contribution in [1.29, 1.82) is 0 Å². The Morgan fingerprint density at radius 2 is 1.94 bits per heavy atom. The van der Waals surface area contributed by atoms with Crippen molar-refractivity contribution in [1.82, 2.24) is 15.2 Å². The zero-order valence-corrected chi connectivity index (χ0v) is 19.2. The van der Waals surface area contributed by atoms with Gasteiger partial charge in [-0.05, 0) is 37.4 Å². The molecule has 1 heterocycles. The number of nitrogens with zero attached hydrogens (tertiary/aromatic N) is 3. The number of aliphatic hydroxyl groups is 1. The Kier molecular flexibility index (Phi) is 8.30. The van der Waals surface area contributed by atoms with Gasteiger partial charge in [-0.15, -0.1) is 11.3 Å². The molecule has 2 N–H and O–H groups in total. The molecular weight excluding hydrogens is 477 g/mol. The standard InChI is InChI=1S/C22H22ClF3N4O2S/c1-29(10-11-31)9-8-27-20(32)30(18-7-3-5-16(13-18)22(24,25)26)21-28-19(14-33-21)15-4-2-6-17(23)12-15/h2-7,12-14,31H,8-11H2,1H3,(H,27,32). The third-order valence-electron chi connectivity index (χ3n) is 4.69. The lowest BCUT2D eigenvalue weighted by molar-refractivity contribution is -0.137. The van der Waals surface area contributed by atoms with Gasteiger partial charge in [-0.3, -0.25) is 0 Å². The zero-order chi connectivity index (χ0) is 24.0. The summed E-state index contributed by atoms with van der Waals surface area (Å²) >= 11 is 7.18. The Balaban J connectivity index is 1.92. The van der Waals surface area contributed by atoms with E-state index in [1.165, 1.54) is 12.1 Å². The van der Waals surface area contributed by atoms with Crippen LogP contribution in [0.3, 0.4) is 0 Å². The predicted molar refractivity (Wildman–Crippen MR) is 124 cm³/mol. The number of thiazole rings is 1. The van der Waals surface area contributed by atoms with Crippen LogP contribution in [0.15, 0.2) is 53.9 Å². The Hall–Kier alpha value is -2.66. The van der Waals surface area contributed by atoms with E-state index in [-0.39, 0.29) is 24.0 Å². The zero-order valence-electron chi connectivity index (χ0n) is 17.6.